The summed E-state index contributed by atoms with van der Waals surface area (Å²) < 4.78 is 95.2. The van der Waals surface area contributed by atoms with Crippen LogP contribution in [0.5, 0.6) is 0 Å². The third kappa shape index (κ3) is 4.98. The van der Waals surface area contributed by atoms with Gasteiger partial charge in [0.2, 0.25) is 6.10 Å². The highest BCUT2D eigenvalue weighted by molar-refractivity contribution is 5.76. The van der Waals surface area contributed by atoms with Gasteiger partial charge in [0.05, 0.1) is 31.4 Å². The van der Waals surface area contributed by atoms with E-state index >= 15 is 0 Å². The maximum Gasteiger partial charge on any atom is 0.421 e. The average molecular weight is 537 g/mol. The van der Waals surface area contributed by atoms with Gasteiger partial charge in [0.1, 0.15) is 11.6 Å². The van der Waals surface area contributed by atoms with Crippen molar-refractivity contribution in [1.29, 1.82) is 0 Å². The summed E-state index contributed by atoms with van der Waals surface area (Å²) in [5.74, 6) is -1.58. The number of carbonyl (C=O) groups excluding carboxylic acids is 1. The lowest BCUT2D eigenvalue weighted by Gasteiger charge is -2.59. The molecule has 1 aromatic carbocycles. The van der Waals surface area contributed by atoms with E-state index in [2.05, 4.69) is 15.2 Å². The van der Waals surface area contributed by atoms with E-state index < -0.39 is 35.7 Å². The monoisotopic (exact) mass is 537 g/mol. The number of rotatable bonds is 5. The smallest absolute Gasteiger partial charge is 0.377 e. The van der Waals surface area contributed by atoms with Crippen LogP contribution < -0.4 is 0 Å². The minimum absolute atomic E-state index is 0.00575. The van der Waals surface area contributed by atoms with Crippen molar-refractivity contribution in [3.63, 3.8) is 0 Å². The molecule has 1 saturated carbocycles. The topological polar surface area (TPSA) is 94.6 Å². The number of H-pyrrole nitrogens is 1. The second-order valence-corrected chi connectivity index (χ2v) is 9.91. The first-order chi connectivity index (χ1) is 17.2. The summed E-state index contributed by atoms with van der Waals surface area (Å²) >= 11 is 0. The molecule has 2 aliphatic heterocycles. The largest absolute Gasteiger partial charge is 0.421 e. The molecule has 2 amide bonds. The van der Waals surface area contributed by atoms with Crippen LogP contribution in [-0.4, -0.2) is 74.6 Å². The minimum atomic E-state index is -4.85. The molecule has 202 valence electrons. The Morgan fingerprint density at radius 1 is 1.16 bits per heavy atom. The van der Waals surface area contributed by atoms with Crippen molar-refractivity contribution < 1.29 is 45.4 Å². The molecule has 1 aliphatic carbocycles. The number of likely N-dealkylation sites (tertiary alicyclic amines) is 2. The summed E-state index contributed by atoms with van der Waals surface area (Å²) in [6, 6.07) is 2.05. The van der Waals surface area contributed by atoms with Crippen LogP contribution in [-0.2, 0) is 17.5 Å². The summed E-state index contributed by atoms with van der Waals surface area (Å²) in [6.45, 7) is 1.32. The number of halogens is 7. The van der Waals surface area contributed by atoms with Crippen molar-refractivity contribution in [2.24, 2.45) is 5.41 Å². The van der Waals surface area contributed by atoms with E-state index in [1.54, 1.807) is 9.80 Å². The van der Waals surface area contributed by atoms with Gasteiger partial charge in [-0.1, -0.05) is 6.07 Å². The van der Waals surface area contributed by atoms with Gasteiger partial charge in [0.15, 0.2) is 5.82 Å². The molecule has 3 aliphatic rings. The molecule has 5 rings (SSSR count). The number of nitrogens with one attached hydrogen (secondary N) is 1. The van der Waals surface area contributed by atoms with Crippen LogP contribution in [0.3, 0.4) is 0 Å². The van der Waals surface area contributed by atoms with Gasteiger partial charge in [-0.15, -0.1) is 0 Å². The van der Waals surface area contributed by atoms with Crippen LogP contribution in [0.25, 0.3) is 0 Å². The quantitative estimate of drug-likeness (QED) is 0.567. The number of nitrogens with zero attached hydrogens (tertiary/aromatic N) is 4. The van der Waals surface area contributed by atoms with Crippen LogP contribution >= 0.6 is 0 Å². The zero-order chi connectivity index (χ0) is 26.8. The first kappa shape index (κ1) is 25.7. The fourth-order valence-corrected chi connectivity index (χ4v) is 5.02. The van der Waals surface area contributed by atoms with Gasteiger partial charge in [-0.2, -0.15) is 31.4 Å². The fourth-order valence-electron chi connectivity index (χ4n) is 5.02. The third-order valence-electron chi connectivity index (χ3n) is 7.12. The SMILES string of the molecule is O=C(N1CC(OCc2ccc(C(F)(F)F)cc2F)C1)N1CC2(CC(c3nc([C@@H](O)C(F)(F)F)n[nH]3)C2)C1. The molecular formula is C22H22F7N5O3. The van der Waals surface area contributed by atoms with E-state index in [4.69, 9.17) is 4.74 Å². The summed E-state index contributed by atoms with van der Waals surface area (Å²) in [7, 11) is 0. The number of aliphatic hydroxyl groups is 1. The van der Waals surface area contributed by atoms with Crippen molar-refractivity contribution in [2.45, 2.75) is 49.9 Å². The zero-order valence-electron chi connectivity index (χ0n) is 19.1. The number of urea groups is 1. The van der Waals surface area contributed by atoms with E-state index in [1.165, 1.54) is 0 Å². The molecule has 8 nitrogen and oxygen atoms in total. The Bertz CT molecular complexity index is 1160. The molecule has 0 radical (unpaired) electrons. The molecule has 0 bridgehead atoms. The predicted octanol–water partition coefficient (Wildman–Crippen LogP) is 3.76. The molecule has 1 atom stereocenters. The van der Waals surface area contributed by atoms with E-state index in [9.17, 15) is 40.6 Å². The average Bonchev–Trinajstić information content (AvgIpc) is 3.19. The van der Waals surface area contributed by atoms with Crippen LogP contribution in [0.15, 0.2) is 18.2 Å². The van der Waals surface area contributed by atoms with Gasteiger partial charge in [-0.05, 0) is 25.0 Å². The van der Waals surface area contributed by atoms with Gasteiger partial charge in [0, 0.05) is 30.0 Å². The van der Waals surface area contributed by atoms with Crippen molar-refractivity contribution >= 4 is 6.03 Å². The van der Waals surface area contributed by atoms with Gasteiger partial charge in [-0.3, -0.25) is 5.10 Å². The number of ether oxygens (including phenoxy) is 1. The lowest BCUT2D eigenvalue weighted by atomic mass is 9.57. The number of hydrogen-bond donors (Lipinski definition) is 2. The summed E-state index contributed by atoms with van der Waals surface area (Å²) in [4.78, 5) is 19.6. The first-order valence-electron chi connectivity index (χ1n) is 11.4. The van der Waals surface area contributed by atoms with E-state index in [1.807, 2.05) is 0 Å². The molecule has 3 fully saturated rings. The van der Waals surface area contributed by atoms with Crippen molar-refractivity contribution in [3.05, 3.63) is 46.8 Å². The van der Waals surface area contributed by atoms with E-state index in [0.29, 0.717) is 32.0 Å². The van der Waals surface area contributed by atoms with Gasteiger partial charge in [0.25, 0.3) is 0 Å². The molecule has 0 unspecified atom stereocenters. The Labute approximate surface area is 205 Å². The lowest BCUT2D eigenvalue weighted by molar-refractivity contribution is -0.209. The maximum absolute atomic E-state index is 13.9. The number of benzene rings is 1. The first-order valence-corrected chi connectivity index (χ1v) is 11.4. The summed E-state index contributed by atoms with van der Waals surface area (Å²) in [5, 5.41) is 15.2. The molecule has 2 aromatic rings. The Morgan fingerprint density at radius 2 is 1.84 bits per heavy atom. The van der Waals surface area contributed by atoms with Crippen LogP contribution in [0.2, 0.25) is 0 Å². The Morgan fingerprint density at radius 3 is 2.43 bits per heavy atom. The Balaban J connectivity index is 1.03. The molecule has 15 heteroatoms. The molecule has 37 heavy (non-hydrogen) atoms. The number of amides is 2. The third-order valence-corrected chi connectivity index (χ3v) is 7.12. The van der Waals surface area contributed by atoms with E-state index in [0.717, 1.165) is 12.1 Å². The number of aliphatic hydroxyl groups excluding tert-OH is 1. The minimum Gasteiger partial charge on any atom is -0.377 e. The van der Waals surface area contributed by atoms with Crippen molar-refractivity contribution in [2.75, 3.05) is 26.2 Å². The highest BCUT2D eigenvalue weighted by atomic mass is 19.4. The summed E-state index contributed by atoms with van der Waals surface area (Å²) in [6.07, 6.45) is -11.3. The number of aromatic amines is 1. The van der Waals surface area contributed by atoms with Gasteiger partial charge in [-0.25, -0.2) is 14.2 Å². The van der Waals surface area contributed by atoms with Crippen LogP contribution in [0, 0.1) is 11.2 Å². The van der Waals surface area contributed by atoms with Crippen molar-refractivity contribution in [1.82, 2.24) is 25.0 Å². The predicted molar refractivity (Wildman–Crippen MR) is 110 cm³/mol. The number of aromatic nitrogens is 3. The molecular weight excluding hydrogens is 515 g/mol. The van der Waals surface area contributed by atoms with Gasteiger partial charge < -0.3 is 19.6 Å². The van der Waals surface area contributed by atoms with Gasteiger partial charge >= 0.3 is 18.4 Å². The number of carbonyl (C=O) groups is 1. The standard InChI is InChI=1S/C22H22F7N5O3/c23-15-3-13(21(24,25)26)2-1-11(15)8-37-14-6-33(7-14)19(36)34-9-20(10-34)4-12(5-20)17-30-18(32-31-17)16(35)22(27,28)29/h1-3,12,14,16,35H,4-10H2,(H,30,31,32)/t16-/m1/s1. The van der Waals surface area contributed by atoms with Crippen LogP contribution in [0.1, 0.15) is 47.6 Å². The molecule has 1 aromatic heterocycles. The zero-order valence-corrected chi connectivity index (χ0v) is 19.1. The molecule has 2 N–H and O–H groups in total. The second kappa shape index (κ2) is 8.82. The molecule has 3 heterocycles. The highest BCUT2D eigenvalue weighted by Gasteiger charge is 2.56. The summed E-state index contributed by atoms with van der Waals surface area (Å²) in [5.41, 5.74) is -1.21. The fraction of sp³-hybridized carbons (Fsp3) is 0.591. The Hall–Kier alpha value is -2.94. The van der Waals surface area contributed by atoms with E-state index in [-0.39, 0.29) is 54.6 Å². The Kier molecular flexibility index (Phi) is 6.13. The normalized spacial score (nSPS) is 21.0. The number of hydrogen-bond acceptors (Lipinski definition) is 5. The molecule has 2 saturated heterocycles. The number of alkyl halides is 6. The van der Waals surface area contributed by atoms with Crippen molar-refractivity contribution in [3.8, 4) is 0 Å². The second-order valence-electron chi connectivity index (χ2n) is 9.91. The maximum atomic E-state index is 13.9. The molecule has 1 spiro atoms. The van der Waals surface area contributed by atoms with Crippen LogP contribution in [0.4, 0.5) is 35.5 Å². The highest BCUT2D eigenvalue weighted by Crippen LogP contribution is 2.55. The lowest BCUT2D eigenvalue weighted by Crippen LogP contribution is -2.68.